The number of nitrogens with zero attached hydrogens (tertiary/aromatic N) is 3. The first-order valence-electron chi connectivity index (χ1n) is 15.9. The van der Waals surface area contributed by atoms with Crippen LogP contribution in [-0.2, 0) is 16.1 Å². The van der Waals surface area contributed by atoms with Crippen LogP contribution in [-0.4, -0.2) is 46.1 Å². The number of anilines is 1. The molecule has 0 saturated heterocycles. The van der Waals surface area contributed by atoms with Crippen molar-refractivity contribution in [3.63, 3.8) is 0 Å². The number of carbonyl (C=O) groups is 1. The number of benzene rings is 2. The van der Waals surface area contributed by atoms with E-state index in [0.717, 1.165) is 0 Å². The summed E-state index contributed by atoms with van der Waals surface area (Å²) in [5, 5.41) is 14.1. The fourth-order valence-corrected chi connectivity index (χ4v) is 7.74. The normalized spacial score (nSPS) is 27.6. The Labute approximate surface area is 268 Å². The molecule has 3 aromatic rings. The number of aromatic nitrogens is 2. The molecule has 1 N–H and O–H groups in total. The predicted octanol–water partition coefficient (Wildman–Crippen LogP) is 8.10. The van der Waals surface area contributed by atoms with Crippen molar-refractivity contribution in [3.05, 3.63) is 60.0 Å². The van der Waals surface area contributed by atoms with Crippen molar-refractivity contribution in [2.24, 2.45) is 11.3 Å². The van der Waals surface area contributed by atoms with Gasteiger partial charge in [-0.25, -0.2) is 4.39 Å². The Morgan fingerprint density at radius 1 is 1.02 bits per heavy atom. The van der Waals surface area contributed by atoms with E-state index in [4.69, 9.17) is 9.26 Å². The molecule has 3 saturated carbocycles. The van der Waals surface area contributed by atoms with Gasteiger partial charge in [0.25, 0.3) is 5.89 Å². The SMILES string of the molecule is CCOc1ccc(-c2cc(N(CC34CCC(c5noc(C(C)(F)F)n5)(CC3)C4)C(=O)C3CCC(O)(C(F)(F)F)CC3)ccc2F)cc1. The van der Waals surface area contributed by atoms with Gasteiger partial charge >= 0.3 is 12.1 Å². The Balaban J connectivity index is 1.31. The zero-order valence-electron chi connectivity index (χ0n) is 26.2. The summed E-state index contributed by atoms with van der Waals surface area (Å²) in [6.07, 6.45) is -3.38. The number of hydrogen-bond donors (Lipinski definition) is 1. The Kier molecular flexibility index (Phi) is 8.37. The van der Waals surface area contributed by atoms with Gasteiger partial charge in [0.1, 0.15) is 11.6 Å². The lowest BCUT2D eigenvalue weighted by atomic mass is 9.77. The molecule has 0 radical (unpaired) electrons. The lowest BCUT2D eigenvalue weighted by Gasteiger charge is -2.40. The number of aliphatic hydroxyl groups is 1. The van der Waals surface area contributed by atoms with E-state index in [0.29, 0.717) is 62.6 Å². The molecular weight excluding hydrogens is 628 g/mol. The number of carbonyl (C=O) groups excluding carboxylic acids is 1. The number of halogens is 6. The minimum Gasteiger partial charge on any atom is -0.494 e. The van der Waals surface area contributed by atoms with E-state index in [1.165, 1.54) is 12.1 Å². The molecule has 7 nitrogen and oxygen atoms in total. The van der Waals surface area contributed by atoms with E-state index < -0.39 is 64.9 Å². The quantitative estimate of drug-likeness (QED) is 0.233. The summed E-state index contributed by atoms with van der Waals surface area (Å²) >= 11 is 0. The van der Waals surface area contributed by atoms with Gasteiger partial charge in [-0.15, -0.1) is 0 Å². The summed E-state index contributed by atoms with van der Waals surface area (Å²) in [5.41, 5.74) is -2.73. The van der Waals surface area contributed by atoms with Gasteiger partial charge in [-0.05, 0) is 106 Å². The highest BCUT2D eigenvalue weighted by Crippen LogP contribution is 2.62. The smallest absolute Gasteiger partial charge is 0.417 e. The van der Waals surface area contributed by atoms with Crippen molar-refractivity contribution < 1.29 is 45.5 Å². The molecule has 3 aliphatic carbocycles. The second-order valence-electron chi connectivity index (χ2n) is 13.6. The fourth-order valence-electron chi connectivity index (χ4n) is 7.74. The minimum atomic E-state index is -4.81. The van der Waals surface area contributed by atoms with Gasteiger partial charge in [0.05, 0.1) is 6.61 Å². The maximum atomic E-state index is 15.3. The summed E-state index contributed by atoms with van der Waals surface area (Å²) in [5.74, 6) is -4.92. The summed E-state index contributed by atoms with van der Waals surface area (Å²) in [7, 11) is 0. The van der Waals surface area contributed by atoms with Crippen molar-refractivity contribution in [1.82, 2.24) is 10.1 Å². The van der Waals surface area contributed by atoms with Crippen LogP contribution >= 0.6 is 0 Å². The number of amides is 1. The third-order valence-corrected chi connectivity index (χ3v) is 10.4. The number of ether oxygens (including phenoxy) is 1. The van der Waals surface area contributed by atoms with Gasteiger partial charge in [0, 0.05) is 36.1 Å². The van der Waals surface area contributed by atoms with Gasteiger partial charge in [-0.1, -0.05) is 17.3 Å². The zero-order chi connectivity index (χ0) is 33.8. The summed E-state index contributed by atoms with van der Waals surface area (Å²) < 4.78 is 94.1. The highest BCUT2D eigenvalue weighted by Gasteiger charge is 2.59. The van der Waals surface area contributed by atoms with E-state index in [1.54, 1.807) is 35.2 Å². The van der Waals surface area contributed by atoms with E-state index in [9.17, 15) is 31.9 Å². The number of rotatable bonds is 9. The molecule has 0 atom stereocenters. The van der Waals surface area contributed by atoms with Gasteiger partial charge in [-0.2, -0.15) is 26.9 Å². The van der Waals surface area contributed by atoms with Crippen molar-refractivity contribution in [3.8, 4) is 16.9 Å². The molecule has 1 aromatic heterocycles. The molecule has 0 spiro atoms. The minimum absolute atomic E-state index is 0.161. The number of hydrogen-bond acceptors (Lipinski definition) is 6. The molecule has 3 aliphatic rings. The number of fused-ring (bicyclic) bond motifs is 2. The molecule has 1 amide bonds. The van der Waals surface area contributed by atoms with Crippen molar-refractivity contribution in [2.75, 3.05) is 18.1 Å². The molecule has 3 fully saturated rings. The second kappa shape index (κ2) is 11.8. The van der Waals surface area contributed by atoms with E-state index >= 15 is 4.39 Å². The topological polar surface area (TPSA) is 88.7 Å². The first-order valence-corrected chi connectivity index (χ1v) is 15.9. The largest absolute Gasteiger partial charge is 0.494 e. The third kappa shape index (κ3) is 6.23. The molecule has 254 valence electrons. The highest BCUT2D eigenvalue weighted by molar-refractivity contribution is 5.96. The average molecular weight is 666 g/mol. The highest BCUT2D eigenvalue weighted by atomic mass is 19.4. The van der Waals surface area contributed by atoms with Gasteiger partial charge in [-0.3, -0.25) is 4.79 Å². The van der Waals surface area contributed by atoms with Crippen LogP contribution in [0, 0.1) is 17.2 Å². The van der Waals surface area contributed by atoms with Crippen LogP contribution in [0.25, 0.3) is 11.1 Å². The van der Waals surface area contributed by atoms with Crippen molar-refractivity contribution >= 4 is 11.6 Å². The van der Waals surface area contributed by atoms with Crippen LogP contribution in [0.5, 0.6) is 5.75 Å². The second-order valence-corrected chi connectivity index (χ2v) is 13.6. The first kappa shape index (κ1) is 33.3. The van der Waals surface area contributed by atoms with Crippen LogP contribution in [0.4, 0.5) is 32.0 Å². The summed E-state index contributed by atoms with van der Waals surface area (Å²) in [4.78, 5) is 19.8. The van der Waals surface area contributed by atoms with E-state index in [2.05, 4.69) is 10.1 Å². The van der Waals surface area contributed by atoms with Gasteiger partial charge in [0.15, 0.2) is 11.4 Å². The molecule has 1 heterocycles. The lowest BCUT2D eigenvalue weighted by Crippen LogP contribution is -2.50. The molecule has 2 aromatic carbocycles. The lowest BCUT2D eigenvalue weighted by molar-refractivity contribution is -0.271. The number of alkyl halides is 5. The zero-order valence-corrected chi connectivity index (χ0v) is 26.2. The molecule has 0 aliphatic heterocycles. The maximum Gasteiger partial charge on any atom is 0.417 e. The third-order valence-electron chi connectivity index (χ3n) is 10.4. The Morgan fingerprint density at radius 2 is 1.68 bits per heavy atom. The summed E-state index contributed by atoms with van der Waals surface area (Å²) in [6.45, 7) is 3.19. The monoisotopic (exact) mass is 665 g/mol. The Hall–Kier alpha value is -3.61. The molecular formula is C34H37F6N3O4. The molecule has 6 rings (SSSR count). The van der Waals surface area contributed by atoms with Crippen LogP contribution < -0.4 is 9.64 Å². The average Bonchev–Trinajstić information content (AvgIpc) is 3.76. The maximum absolute atomic E-state index is 15.3. The van der Waals surface area contributed by atoms with Crippen molar-refractivity contribution in [2.45, 2.75) is 94.7 Å². The van der Waals surface area contributed by atoms with Crippen molar-refractivity contribution in [1.29, 1.82) is 0 Å². The van der Waals surface area contributed by atoms with Gasteiger partial charge < -0.3 is 19.3 Å². The first-order chi connectivity index (χ1) is 22.1. The van der Waals surface area contributed by atoms with Gasteiger partial charge in [0.2, 0.25) is 5.91 Å². The molecule has 13 heteroatoms. The Morgan fingerprint density at radius 3 is 2.26 bits per heavy atom. The fraction of sp³-hybridized carbons (Fsp3) is 0.559. The molecule has 47 heavy (non-hydrogen) atoms. The van der Waals surface area contributed by atoms with E-state index in [-0.39, 0.29) is 30.8 Å². The van der Waals surface area contributed by atoms with Crippen LogP contribution in [0.3, 0.4) is 0 Å². The van der Waals surface area contributed by atoms with Crippen LogP contribution in [0.2, 0.25) is 0 Å². The van der Waals surface area contributed by atoms with Crippen LogP contribution in [0.15, 0.2) is 47.0 Å². The van der Waals surface area contributed by atoms with E-state index in [1.807, 2.05) is 6.92 Å². The molecule has 0 unspecified atom stereocenters. The molecule has 2 bridgehead atoms. The standard InChI is InChI=1S/C34H37F6N3O4/c1-3-46-24-7-4-21(5-8-24)25-18-23(6-9-26(25)35)43(27(44)22-10-12-33(45,13-11-22)34(38,39)40)20-31-14-16-32(19-31,17-15-31)28-41-29(47-42-28)30(2,36)37/h4-9,18,22,45H,3,10-17,19-20H2,1-2H3. The van der Waals surface area contributed by atoms with Crippen LogP contribution in [0.1, 0.15) is 83.3 Å². The Bertz CT molecular complexity index is 1600. The summed E-state index contributed by atoms with van der Waals surface area (Å²) in [6, 6.07) is 11.2. The predicted molar refractivity (Wildman–Crippen MR) is 159 cm³/mol.